The lowest BCUT2D eigenvalue weighted by atomic mass is 10.1. The third-order valence-corrected chi connectivity index (χ3v) is 5.65. The molecule has 8 heteroatoms. The van der Waals surface area contributed by atoms with Crippen molar-refractivity contribution in [2.45, 2.75) is 19.9 Å². The van der Waals surface area contributed by atoms with Gasteiger partial charge in [-0.2, -0.15) is 9.61 Å². The maximum atomic E-state index is 12.9. The number of rotatable bonds is 4. The second kappa shape index (κ2) is 6.65. The fourth-order valence-corrected chi connectivity index (χ4v) is 4.05. The summed E-state index contributed by atoms with van der Waals surface area (Å²) in [7, 11) is 0. The molecule has 0 unspecified atom stereocenters. The normalized spacial score (nSPS) is 11.5. The third kappa shape index (κ3) is 2.69. The average Bonchev–Trinajstić information content (AvgIpc) is 3.35. The Kier molecular flexibility index (Phi) is 3.98. The molecule has 0 amide bonds. The van der Waals surface area contributed by atoms with Crippen molar-refractivity contribution < 1.29 is 0 Å². The second-order valence-electron chi connectivity index (χ2n) is 6.51. The molecule has 138 valence electrons. The summed E-state index contributed by atoms with van der Waals surface area (Å²) in [6.07, 6.45) is 2.35. The van der Waals surface area contributed by atoms with Crippen molar-refractivity contribution in [1.29, 1.82) is 0 Å². The number of benzene rings is 1. The summed E-state index contributed by atoms with van der Waals surface area (Å²) in [5.74, 6) is 0. The summed E-state index contributed by atoms with van der Waals surface area (Å²) >= 11 is 1.68. The van der Waals surface area contributed by atoms with Crippen LogP contribution in [-0.2, 0) is 13.0 Å². The second-order valence-corrected chi connectivity index (χ2v) is 7.54. The van der Waals surface area contributed by atoms with E-state index in [1.807, 2.05) is 48.7 Å². The predicted molar refractivity (Wildman–Crippen MR) is 109 cm³/mol. The Morgan fingerprint density at radius 3 is 2.68 bits per heavy atom. The van der Waals surface area contributed by atoms with Crippen LogP contribution in [-0.4, -0.2) is 29.4 Å². The summed E-state index contributed by atoms with van der Waals surface area (Å²) in [6.45, 7) is 2.47. The van der Waals surface area contributed by atoms with Gasteiger partial charge >= 0.3 is 0 Å². The van der Waals surface area contributed by atoms with Crippen molar-refractivity contribution in [2.24, 2.45) is 0 Å². The molecule has 4 heterocycles. The van der Waals surface area contributed by atoms with E-state index in [4.69, 9.17) is 0 Å². The van der Waals surface area contributed by atoms with E-state index in [1.165, 1.54) is 4.88 Å². The first-order valence-corrected chi connectivity index (χ1v) is 9.79. The van der Waals surface area contributed by atoms with Gasteiger partial charge in [0.25, 0.3) is 5.56 Å². The Morgan fingerprint density at radius 1 is 1.04 bits per heavy atom. The lowest BCUT2D eigenvalue weighted by molar-refractivity contribution is 0.662. The highest BCUT2D eigenvalue weighted by molar-refractivity contribution is 7.09. The fourth-order valence-electron chi connectivity index (χ4n) is 3.35. The molecule has 0 saturated heterocycles. The van der Waals surface area contributed by atoms with Crippen molar-refractivity contribution in [3.05, 3.63) is 75.1 Å². The van der Waals surface area contributed by atoms with Crippen LogP contribution in [0.5, 0.6) is 0 Å². The minimum Gasteiger partial charge on any atom is -0.297 e. The molecule has 28 heavy (non-hydrogen) atoms. The summed E-state index contributed by atoms with van der Waals surface area (Å²) in [5, 5.41) is 15.1. The van der Waals surface area contributed by atoms with Gasteiger partial charge in [0, 0.05) is 11.4 Å². The number of hydrogen-bond donors (Lipinski definition) is 0. The van der Waals surface area contributed by atoms with Crippen LogP contribution in [0.3, 0.4) is 0 Å². The lowest BCUT2D eigenvalue weighted by Crippen LogP contribution is -2.23. The number of thiophene rings is 1. The van der Waals surface area contributed by atoms with E-state index in [1.54, 1.807) is 26.7 Å². The van der Waals surface area contributed by atoms with Gasteiger partial charge in [0.1, 0.15) is 6.33 Å². The number of aryl methyl sites for hydroxylation is 3. The molecule has 0 bridgehead atoms. The zero-order valence-electron chi connectivity index (χ0n) is 15.1. The first kappa shape index (κ1) is 16.8. The standard InChI is InChI=1S/C20H16N6OS/c1-13-16(14-6-3-2-4-7-14)18-23-22-17-19(26(18)24-13)21-12-25(20(17)27)10-9-15-8-5-11-28-15/h2-8,11-12H,9-10H2,1H3. The molecule has 4 aromatic heterocycles. The molecular weight excluding hydrogens is 372 g/mol. The minimum atomic E-state index is -0.203. The van der Waals surface area contributed by atoms with E-state index in [9.17, 15) is 4.79 Å². The zero-order chi connectivity index (χ0) is 19.1. The van der Waals surface area contributed by atoms with Crippen LogP contribution in [0.4, 0.5) is 0 Å². The van der Waals surface area contributed by atoms with Gasteiger partial charge in [-0.3, -0.25) is 9.36 Å². The van der Waals surface area contributed by atoms with E-state index in [-0.39, 0.29) is 11.1 Å². The number of hydrogen-bond acceptors (Lipinski definition) is 6. The van der Waals surface area contributed by atoms with Gasteiger partial charge < -0.3 is 0 Å². The highest BCUT2D eigenvalue weighted by Crippen LogP contribution is 2.27. The predicted octanol–water partition coefficient (Wildman–Crippen LogP) is 3.11. The van der Waals surface area contributed by atoms with Crippen LogP contribution in [0.15, 0.2) is 59.0 Å². The first-order valence-electron chi connectivity index (χ1n) is 8.91. The largest absolute Gasteiger partial charge is 0.297 e. The van der Waals surface area contributed by atoms with E-state index >= 15 is 0 Å². The highest BCUT2D eigenvalue weighted by atomic mass is 32.1. The van der Waals surface area contributed by atoms with Gasteiger partial charge in [0.2, 0.25) is 0 Å². The van der Waals surface area contributed by atoms with Gasteiger partial charge in [0.15, 0.2) is 16.8 Å². The lowest BCUT2D eigenvalue weighted by Gasteiger charge is -2.06. The molecule has 0 spiro atoms. The molecule has 0 atom stereocenters. The van der Waals surface area contributed by atoms with Crippen molar-refractivity contribution in [2.75, 3.05) is 0 Å². The number of fused-ring (bicyclic) bond motifs is 3. The molecule has 7 nitrogen and oxygen atoms in total. The number of nitrogens with zero attached hydrogens (tertiary/aromatic N) is 6. The van der Waals surface area contributed by atoms with Gasteiger partial charge in [-0.15, -0.1) is 21.5 Å². The van der Waals surface area contributed by atoms with Gasteiger partial charge in [-0.1, -0.05) is 36.4 Å². The Morgan fingerprint density at radius 2 is 1.89 bits per heavy atom. The van der Waals surface area contributed by atoms with E-state index in [2.05, 4.69) is 26.3 Å². The molecule has 0 N–H and O–H groups in total. The Bertz CT molecular complexity index is 1340. The van der Waals surface area contributed by atoms with Crippen LogP contribution in [0.1, 0.15) is 10.6 Å². The molecule has 5 rings (SSSR count). The zero-order valence-corrected chi connectivity index (χ0v) is 15.9. The summed E-state index contributed by atoms with van der Waals surface area (Å²) in [4.78, 5) is 18.6. The SMILES string of the molecule is Cc1nn2c(nnc3c(=O)n(CCc4cccs4)cnc32)c1-c1ccccc1. The van der Waals surface area contributed by atoms with Crippen molar-refractivity contribution >= 4 is 28.1 Å². The molecule has 0 aliphatic heterocycles. The van der Waals surface area contributed by atoms with E-state index in [0.717, 1.165) is 23.2 Å². The van der Waals surface area contributed by atoms with E-state index < -0.39 is 0 Å². The molecule has 0 aliphatic carbocycles. The maximum absolute atomic E-state index is 12.9. The molecular formula is C20H16N6OS. The van der Waals surface area contributed by atoms with Crippen LogP contribution >= 0.6 is 11.3 Å². The van der Waals surface area contributed by atoms with Crippen molar-refractivity contribution in [1.82, 2.24) is 29.4 Å². The molecule has 0 saturated carbocycles. The fraction of sp³-hybridized carbons (Fsp3) is 0.150. The van der Waals surface area contributed by atoms with Crippen molar-refractivity contribution in [3.63, 3.8) is 0 Å². The summed E-state index contributed by atoms with van der Waals surface area (Å²) in [5.41, 5.74) is 3.77. The highest BCUT2D eigenvalue weighted by Gasteiger charge is 2.18. The number of aromatic nitrogens is 6. The molecule has 0 radical (unpaired) electrons. The monoisotopic (exact) mass is 388 g/mol. The Labute approximate surface area is 163 Å². The molecule has 0 fully saturated rings. The molecule has 5 aromatic rings. The Balaban J connectivity index is 1.63. The van der Waals surface area contributed by atoms with E-state index in [0.29, 0.717) is 17.8 Å². The van der Waals surface area contributed by atoms with Gasteiger partial charge in [0.05, 0.1) is 11.3 Å². The maximum Gasteiger partial charge on any atom is 0.283 e. The summed E-state index contributed by atoms with van der Waals surface area (Å²) in [6, 6.07) is 14.0. The smallest absolute Gasteiger partial charge is 0.283 e. The third-order valence-electron chi connectivity index (χ3n) is 4.72. The minimum absolute atomic E-state index is 0.203. The van der Waals surface area contributed by atoms with Gasteiger partial charge in [-0.25, -0.2) is 4.98 Å². The Hall–Kier alpha value is -3.39. The van der Waals surface area contributed by atoms with Crippen molar-refractivity contribution in [3.8, 4) is 11.1 Å². The van der Waals surface area contributed by atoms with Crippen LogP contribution in [0.2, 0.25) is 0 Å². The topological polar surface area (TPSA) is 78.0 Å². The quantitative estimate of drug-likeness (QED) is 0.473. The van der Waals surface area contributed by atoms with Gasteiger partial charge in [-0.05, 0) is 30.4 Å². The van der Waals surface area contributed by atoms with Crippen LogP contribution in [0.25, 0.3) is 27.9 Å². The molecule has 0 aliphatic rings. The molecule has 1 aromatic carbocycles. The first-order chi connectivity index (χ1) is 13.7. The average molecular weight is 388 g/mol. The summed E-state index contributed by atoms with van der Waals surface area (Å²) < 4.78 is 3.20. The van der Waals surface area contributed by atoms with Crippen LogP contribution in [0, 0.1) is 6.92 Å². The van der Waals surface area contributed by atoms with Crippen LogP contribution < -0.4 is 5.56 Å².